The molecule has 1 aliphatic rings. The molecule has 0 radical (unpaired) electrons. The van der Waals surface area contributed by atoms with Crippen LogP contribution in [0, 0.1) is 0 Å². The maximum Gasteiger partial charge on any atom is 0.0178 e. The molecule has 0 bridgehead atoms. The van der Waals surface area contributed by atoms with Crippen molar-refractivity contribution in [2.24, 2.45) is 5.73 Å². The van der Waals surface area contributed by atoms with Crippen molar-refractivity contribution < 1.29 is 0 Å². The molecule has 1 aromatic carbocycles. The van der Waals surface area contributed by atoms with Gasteiger partial charge in [0.25, 0.3) is 0 Å². The minimum absolute atomic E-state index is 0.667. The molecule has 1 aliphatic carbocycles. The lowest BCUT2D eigenvalue weighted by molar-refractivity contribution is 1.04. The standard InChI is InChI=1S/C10H13N/c11-7-8-2-1-3-10(6-8)9-4-5-9/h1-3,6,9H,4-5,7,11H2. The summed E-state index contributed by atoms with van der Waals surface area (Å²) < 4.78 is 0. The molecule has 0 atom stereocenters. The van der Waals surface area contributed by atoms with E-state index in [0.29, 0.717) is 6.54 Å². The van der Waals surface area contributed by atoms with Crippen molar-refractivity contribution in [3.8, 4) is 0 Å². The fourth-order valence-corrected chi connectivity index (χ4v) is 1.39. The lowest BCUT2D eigenvalue weighted by Gasteiger charge is -2.00. The Hall–Kier alpha value is -0.820. The summed E-state index contributed by atoms with van der Waals surface area (Å²) in [7, 11) is 0. The van der Waals surface area contributed by atoms with Crippen molar-refractivity contribution in [2.45, 2.75) is 25.3 Å². The fourth-order valence-electron chi connectivity index (χ4n) is 1.39. The lowest BCUT2D eigenvalue weighted by Crippen LogP contribution is -1.96. The lowest BCUT2D eigenvalue weighted by atomic mass is 10.1. The molecule has 0 saturated heterocycles. The number of nitrogens with two attached hydrogens (primary N) is 1. The summed E-state index contributed by atoms with van der Waals surface area (Å²) in [6.07, 6.45) is 2.74. The Morgan fingerprint density at radius 3 is 2.82 bits per heavy atom. The van der Waals surface area contributed by atoms with Gasteiger partial charge in [-0.1, -0.05) is 24.3 Å². The Morgan fingerprint density at radius 1 is 1.36 bits per heavy atom. The largest absolute Gasteiger partial charge is 0.326 e. The quantitative estimate of drug-likeness (QED) is 0.680. The van der Waals surface area contributed by atoms with Crippen LogP contribution in [0.4, 0.5) is 0 Å². The van der Waals surface area contributed by atoms with Crippen LogP contribution in [0.25, 0.3) is 0 Å². The van der Waals surface area contributed by atoms with E-state index in [1.165, 1.54) is 24.0 Å². The van der Waals surface area contributed by atoms with Gasteiger partial charge in [-0.05, 0) is 29.9 Å². The highest BCUT2D eigenvalue weighted by Gasteiger charge is 2.22. The van der Waals surface area contributed by atoms with E-state index in [9.17, 15) is 0 Å². The molecule has 0 aromatic heterocycles. The third-order valence-corrected chi connectivity index (χ3v) is 2.24. The maximum absolute atomic E-state index is 5.54. The molecule has 0 heterocycles. The first-order chi connectivity index (χ1) is 5.40. The first-order valence-electron chi connectivity index (χ1n) is 4.19. The van der Waals surface area contributed by atoms with Crippen LogP contribution >= 0.6 is 0 Å². The zero-order valence-electron chi connectivity index (χ0n) is 6.59. The predicted octanol–water partition coefficient (Wildman–Crippen LogP) is 2.02. The summed E-state index contributed by atoms with van der Waals surface area (Å²) in [6, 6.07) is 8.64. The van der Waals surface area contributed by atoms with E-state index in [-0.39, 0.29) is 0 Å². The molecule has 1 heteroatoms. The van der Waals surface area contributed by atoms with Crippen LogP contribution in [0.2, 0.25) is 0 Å². The summed E-state index contributed by atoms with van der Waals surface area (Å²) >= 11 is 0. The molecule has 2 N–H and O–H groups in total. The highest BCUT2D eigenvalue weighted by molar-refractivity contribution is 5.28. The van der Waals surface area contributed by atoms with E-state index in [1.807, 2.05) is 0 Å². The average molecular weight is 147 g/mol. The van der Waals surface area contributed by atoms with Gasteiger partial charge in [0.15, 0.2) is 0 Å². The number of hydrogen-bond acceptors (Lipinski definition) is 1. The van der Waals surface area contributed by atoms with Crippen molar-refractivity contribution in [1.82, 2.24) is 0 Å². The van der Waals surface area contributed by atoms with Crippen molar-refractivity contribution in [1.29, 1.82) is 0 Å². The summed E-state index contributed by atoms with van der Waals surface area (Å²) in [4.78, 5) is 0. The number of hydrogen-bond donors (Lipinski definition) is 1. The van der Waals surface area contributed by atoms with E-state index in [4.69, 9.17) is 5.73 Å². The molecule has 0 unspecified atom stereocenters. The van der Waals surface area contributed by atoms with Crippen LogP contribution in [0.5, 0.6) is 0 Å². The van der Waals surface area contributed by atoms with E-state index in [2.05, 4.69) is 24.3 Å². The molecule has 0 spiro atoms. The van der Waals surface area contributed by atoms with Crippen molar-refractivity contribution in [3.63, 3.8) is 0 Å². The first-order valence-corrected chi connectivity index (χ1v) is 4.19. The fraction of sp³-hybridized carbons (Fsp3) is 0.400. The molecule has 2 rings (SSSR count). The second kappa shape index (κ2) is 2.67. The van der Waals surface area contributed by atoms with E-state index < -0.39 is 0 Å². The Labute approximate surface area is 67.2 Å². The van der Waals surface area contributed by atoms with Crippen molar-refractivity contribution in [3.05, 3.63) is 35.4 Å². The topological polar surface area (TPSA) is 26.0 Å². The second-order valence-electron chi connectivity index (χ2n) is 3.22. The van der Waals surface area contributed by atoms with Crippen LogP contribution < -0.4 is 5.73 Å². The molecule has 11 heavy (non-hydrogen) atoms. The maximum atomic E-state index is 5.54. The van der Waals surface area contributed by atoms with Crippen LogP contribution in [0.1, 0.15) is 29.9 Å². The number of rotatable bonds is 2. The van der Waals surface area contributed by atoms with Crippen molar-refractivity contribution >= 4 is 0 Å². The summed E-state index contributed by atoms with van der Waals surface area (Å²) in [5.41, 5.74) is 8.28. The van der Waals surface area contributed by atoms with Gasteiger partial charge in [0.05, 0.1) is 0 Å². The molecular formula is C10H13N. The summed E-state index contributed by atoms with van der Waals surface area (Å²) in [6.45, 7) is 0.667. The Kier molecular flexibility index (Phi) is 1.66. The van der Waals surface area contributed by atoms with Gasteiger partial charge in [-0.2, -0.15) is 0 Å². The zero-order chi connectivity index (χ0) is 7.68. The van der Waals surface area contributed by atoms with Gasteiger partial charge in [0.1, 0.15) is 0 Å². The van der Waals surface area contributed by atoms with Crippen LogP contribution in [0.15, 0.2) is 24.3 Å². The Bertz CT molecular complexity index is 251. The van der Waals surface area contributed by atoms with Crippen LogP contribution in [-0.4, -0.2) is 0 Å². The van der Waals surface area contributed by atoms with Gasteiger partial charge in [-0.3, -0.25) is 0 Å². The summed E-state index contributed by atoms with van der Waals surface area (Å²) in [5.74, 6) is 0.849. The summed E-state index contributed by atoms with van der Waals surface area (Å²) in [5, 5.41) is 0. The third kappa shape index (κ3) is 1.43. The molecule has 1 nitrogen and oxygen atoms in total. The molecule has 0 aliphatic heterocycles. The Morgan fingerprint density at radius 2 is 2.18 bits per heavy atom. The minimum atomic E-state index is 0.667. The molecule has 58 valence electrons. The predicted molar refractivity (Wildman–Crippen MR) is 46.3 cm³/mol. The van der Waals surface area contributed by atoms with Gasteiger partial charge >= 0.3 is 0 Å². The molecule has 1 saturated carbocycles. The Balaban J connectivity index is 2.26. The van der Waals surface area contributed by atoms with E-state index in [1.54, 1.807) is 0 Å². The minimum Gasteiger partial charge on any atom is -0.326 e. The van der Waals surface area contributed by atoms with Gasteiger partial charge in [-0.15, -0.1) is 0 Å². The molecule has 1 fully saturated rings. The number of benzene rings is 1. The van der Waals surface area contributed by atoms with Gasteiger partial charge < -0.3 is 5.73 Å². The smallest absolute Gasteiger partial charge is 0.0178 e. The third-order valence-electron chi connectivity index (χ3n) is 2.24. The second-order valence-corrected chi connectivity index (χ2v) is 3.22. The average Bonchev–Trinajstić information content (AvgIpc) is 2.87. The van der Waals surface area contributed by atoms with E-state index in [0.717, 1.165) is 5.92 Å². The van der Waals surface area contributed by atoms with Crippen LogP contribution in [0.3, 0.4) is 0 Å². The molecule has 0 amide bonds. The normalized spacial score (nSPS) is 16.8. The highest BCUT2D eigenvalue weighted by Crippen LogP contribution is 2.40. The van der Waals surface area contributed by atoms with E-state index >= 15 is 0 Å². The van der Waals surface area contributed by atoms with Gasteiger partial charge in [-0.25, -0.2) is 0 Å². The molecular weight excluding hydrogens is 134 g/mol. The van der Waals surface area contributed by atoms with Crippen LogP contribution in [-0.2, 0) is 6.54 Å². The molecule has 1 aromatic rings. The highest BCUT2D eigenvalue weighted by atomic mass is 14.5. The SMILES string of the molecule is NCc1cccc(C2CC2)c1. The first kappa shape index (κ1) is 6.86. The monoisotopic (exact) mass is 147 g/mol. The zero-order valence-corrected chi connectivity index (χ0v) is 6.59. The van der Waals surface area contributed by atoms with Gasteiger partial charge in [0.2, 0.25) is 0 Å². The van der Waals surface area contributed by atoms with Crippen molar-refractivity contribution in [2.75, 3.05) is 0 Å². The van der Waals surface area contributed by atoms with Gasteiger partial charge in [0, 0.05) is 6.54 Å².